The molecule has 1 aliphatic rings. The lowest BCUT2D eigenvalue weighted by Gasteiger charge is -2.35. The third-order valence-electron chi connectivity index (χ3n) is 3.31. The Morgan fingerprint density at radius 3 is 2.58 bits per heavy atom. The second-order valence-corrected chi connectivity index (χ2v) is 5.03. The van der Waals surface area contributed by atoms with Crippen LogP contribution in [0.15, 0.2) is 18.2 Å². The molecule has 0 amide bonds. The monoisotopic (exact) mass is 292 g/mol. The highest BCUT2D eigenvalue weighted by Gasteiger charge is 2.27. The third kappa shape index (κ3) is 3.84. The summed E-state index contributed by atoms with van der Waals surface area (Å²) in [5.74, 6) is -0.478. The minimum Gasteiger partial charge on any atom is -0.314 e. The summed E-state index contributed by atoms with van der Waals surface area (Å²) >= 11 is 5.85. The number of rotatable bonds is 4. The molecule has 1 atom stereocenters. The maximum Gasteiger partial charge on any atom is 0.240 e. The molecule has 1 saturated heterocycles. The van der Waals surface area contributed by atoms with Crippen molar-refractivity contribution in [2.75, 3.05) is 26.2 Å². The molecule has 1 aliphatic heterocycles. The zero-order valence-corrected chi connectivity index (χ0v) is 11.1. The highest BCUT2D eigenvalue weighted by Crippen LogP contribution is 2.31. The van der Waals surface area contributed by atoms with Crippen molar-refractivity contribution in [1.82, 2.24) is 10.2 Å². The van der Waals surface area contributed by atoms with Crippen LogP contribution in [-0.4, -0.2) is 37.5 Å². The molecule has 1 aromatic carbocycles. The summed E-state index contributed by atoms with van der Waals surface area (Å²) in [5, 5.41) is 3.52. The van der Waals surface area contributed by atoms with Gasteiger partial charge < -0.3 is 5.32 Å². The fraction of sp³-hybridized carbons (Fsp3) is 0.538. The minimum absolute atomic E-state index is 0.259. The number of hydrogen-bond acceptors (Lipinski definition) is 2. The Bertz CT molecular complexity index is 422. The molecule has 0 aliphatic carbocycles. The van der Waals surface area contributed by atoms with Crippen molar-refractivity contribution in [3.63, 3.8) is 0 Å². The summed E-state index contributed by atoms with van der Waals surface area (Å²) in [6.45, 7) is 2.70. The van der Waals surface area contributed by atoms with Crippen LogP contribution in [0.5, 0.6) is 0 Å². The number of piperazine rings is 1. The van der Waals surface area contributed by atoms with Crippen molar-refractivity contribution in [2.24, 2.45) is 0 Å². The Balaban J connectivity index is 2.27. The molecule has 19 heavy (non-hydrogen) atoms. The van der Waals surface area contributed by atoms with Gasteiger partial charge in [-0.05, 0) is 18.2 Å². The predicted molar refractivity (Wildman–Crippen MR) is 69.2 cm³/mol. The van der Waals surface area contributed by atoms with Crippen LogP contribution in [-0.2, 0) is 0 Å². The van der Waals surface area contributed by atoms with E-state index in [4.69, 9.17) is 11.6 Å². The number of halogens is 4. The standard InChI is InChI=1S/C13H16ClF3N2/c14-9-1-2-11(15)10(7-9)12(8-13(16)17)19-5-3-18-4-6-19/h1-2,7,12-13,18H,3-6,8H2/t12-/m0/s1. The van der Waals surface area contributed by atoms with Crippen LogP contribution in [0.1, 0.15) is 18.0 Å². The van der Waals surface area contributed by atoms with Gasteiger partial charge in [-0.1, -0.05) is 11.6 Å². The summed E-state index contributed by atoms with van der Waals surface area (Å²) in [5.41, 5.74) is 0.259. The van der Waals surface area contributed by atoms with Gasteiger partial charge in [-0.25, -0.2) is 13.2 Å². The molecule has 6 heteroatoms. The van der Waals surface area contributed by atoms with E-state index in [0.717, 1.165) is 13.1 Å². The van der Waals surface area contributed by atoms with E-state index >= 15 is 0 Å². The zero-order valence-electron chi connectivity index (χ0n) is 10.4. The van der Waals surface area contributed by atoms with Crippen molar-refractivity contribution in [3.05, 3.63) is 34.6 Å². The first-order chi connectivity index (χ1) is 9.08. The first-order valence-electron chi connectivity index (χ1n) is 6.26. The van der Waals surface area contributed by atoms with Gasteiger partial charge in [0.2, 0.25) is 6.43 Å². The van der Waals surface area contributed by atoms with Crippen LogP contribution in [0, 0.1) is 5.82 Å². The molecule has 1 fully saturated rings. The van der Waals surface area contributed by atoms with Gasteiger partial charge in [-0.2, -0.15) is 0 Å². The Kier molecular flexibility index (Phi) is 5.07. The molecule has 106 valence electrons. The molecular weight excluding hydrogens is 277 g/mol. The molecule has 0 radical (unpaired) electrons. The number of nitrogens with one attached hydrogen (secondary N) is 1. The van der Waals surface area contributed by atoms with Crippen LogP contribution < -0.4 is 5.32 Å². The van der Waals surface area contributed by atoms with Crippen molar-refractivity contribution in [2.45, 2.75) is 18.9 Å². The van der Waals surface area contributed by atoms with Crippen LogP contribution in [0.4, 0.5) is 13.2 Å². The molecule has 0 saturated carbocycles. The van der Waals surface area contributed by atoms with E-state index in [2.05, 4.69) is 5.32 Å². The van der Waals surface area contributed by atoms with Gasteiger partial charge in [0.25, 0.3) is 0 Å². The van der Waals surface area contributed by atoms with Gasteiger partial charge in [0.1, 0.15) is 5.82 Å². The summed E-state index contributed by atoms with van der Waals surface area (Å²) < 4.78 is 39.4. The van der Waals surface area contributed by atoms with E-state index in [1.54, 1.807) is 0 Å². The van der Waals surface area contributed by atoms with Gasteiger partial charge in [0.15, 0.2) is 0 Å². The largest absolute Gasteiger partial charge is 0.314 e. The lowest BCUT2D eigenvalue weighted by molar-refractivity contribution is 0.0725. The number of hydrogen-bond donors (Lipinski definition) is 1. The second-order valence-electron chi connectivity index (χ2n) is 4.59. The smallest absolute Gasteiger partial charge is 0.240 e. The van der Waals surface area contributed by atoms with Crippen LogP contribution >= 0.6 is 11.6 Å². The molecule has 1 N–H and O–H groups in total. The van der Waals surface area contributed by atoms with Crippen molar-refractivity contribution in [3.8, 4) is 0 Å². The Labute approximate surface area is 115 Å². The van der Waals surface area contributed by atoms with Gasteiger partial charge in [-0.15, -0.1) is 0 Å². The van der Waals surface area contributed by atoms with Crippen LogP contribution in [0.25, 0.3) is 0 Å². The van der Waals surface area contributed by atoms with Gasteiger partial charge in [-0.3, -0.25) is 4.90 Å². The van der Waals surface area contributed by atoms with Gasteiger partial charge in [0.05, 0.1) is 0 Å². The van der Waals surface area contributed by atoms with E-state index in [1.807, 2.05) is 4.90 Å². The number of benzene rings is 1. The van der Waals surface area contributed by atoms with Gasteiger partial charge >= 0.3 is 0 Å². The maximum absolute atomic E-state index is 13.9. The average molecular weight is 293 g/mol. The minimum atomic E-state index is -2.47. The van der Waals surface area contributed by atoms with E-state index in [-0.39, 0.29) is 12.0 Å². The lowest BCUT2D eigenvalue weighted by atomic mass is 10.0. The SMILES string of the molecule is Fc1ccc(Cl)cc1[C@H](CC(F)F)N1CCNCC1. The fourth-order valence-corrected chi connectivity index (χ4v) is 2.59. The number of nitrogens with zero attached hydrogens (tertiary/aromatic N) is 1. The molecule has 1 aromatic rings. The fourth-order valence-electron chi connectivity index (χ4n) is 2.41. The molecule has 0 aromatic heterocycles. The predicted octanol–water partition coefficient (Wildman–Crippen LogP) is 3.08. The molecule has 1 heterocycles. The first-order valence-corrected chi connectivity index (χ1v) is 6.63. The van der Waals surface area contributed by atoms with Crippen LogP contribution in [0.2, 0.25) is 5.02 Å². The molecule has 2 rings (SSSR count). The lowest BCUT2D eigenvalue weighted by Crippen LogP contribution is -2.45. The molecular formula is C13H16ClF3N2. The molecule has 0 unspecified atom stereocenters. The highest BCUT2D eigenvalue weighted by molar-refractivity contribution is 6.30. The Morgan fingerprint density at radius 1 is 1.26 bits per heavy atom. The molecule has 2 nitrogen and oxygen atoms in total. The topological polar surface area (TPSA) is 15.3 Å². The Morgan fingerprint density at radius 2 is 1.95 bits per heavy atom. The third-order valence-corrected chi connectivity index (χ3v) is 3.55. The van der Waals surface area contributed by atoms with Crippen molar-refractivity contribution < 1.29 is 13.2 Å². The summed E-state index contributed by atoms with van der Waals surface area (Å²) in [7, 11) is 0. The highest BCUT2D eigenvalue weighted by atomic mass is 35.5. The number of alkyl halides is 2. The molecule has 0 spiro atoms. The van der Waals surface area contributed by atoms with Crippen molar-refractivity contribution >= 4 is 11.6 Å². The quantitative estimate of drug-likeness (QED) is 0.917. The average Bonchev–Trinajstić information content (AvgIpc) is 2.40. The normalized spacial score (nSPS) is 18.8. The van der Waals surface area contributed by atoms with E-state index in [9.17, 15) is 13.2 Å². The first kappa shape index (κ1) is 14.6. The second kappa shape index (κ2) is 6.59. The van der Waals surface area contributed by atoms with Crippen LogP contribution in [0.3, 0.4) is 0 Å². The van der Waals surface area contributed by atoms with Crippen molar-refractivity contribution in [1.29, 1.82) is 0 Å². The molecule has 0 bridgehead atoms. The Hall–Kier alpha value is -0.780. The van der Waals surface area contributed by atoms with E-state index < -0.39 is 18.3 Å². The summed E-state index contributed by atoms with van der Waals surface area (Å²) in [6, 6.07) is 3.49. The van der Waals surface area contributed by atoms with Gasteiger partial charge in [0, 0.05) is 49.2 Å². The summed E-state index contributed by atoms with van der Waals surface area (Å²) in [4.78, 5) is 1.89. The zero-order chi connectivity index (χ0) is 13.8. The van der Waals surface area contributed by atoms with E-state index in [0.29, 0.717) is 18.1 Å². The van der Waals surface area contributed by atoms with E-state index in [1.165, 1.54) is 18.2 Å². The summed E-state index contributed by atoms with van der Waals surface area (Å²) in [6.07, 6.45) is -2.85. The maximum atomic E-state index is 13.9.